The van der Waals surface area contributed by atoms with E-state index in [0.29, 0.717) is 12.8 Å². The molecule has 17 atom stereocenters. The summed E-state index contributed by atoms with van der Waals surface area (Å²) in [4.78, 5) is 13.3. The van der Waals surface area contributed by atoms with E-state index in [0.717, 1.165) is 70.6 Å². The Kier molecular flexibility index (Phi) is 45.2. The minimum Gasteiger partial charge on any atom is -0.394 e. The van der Waals surface area contributed by atoms with Crippen LogP contribution in [0.5, 0.6) is 0 Å². The number of carbonyl (C=O) groups is 1. The fourth-order valence-corrected chi connectivity index (χ4v) is 11.6. The first kappa shape index (κ1) is 78.3. The third-order valence-corrected chi connectivity index (χ3v) is 17.2. The van der Waals surface area contributed by atoms with E-state index < -0.39 is 124 Å². The Morgan fingerprint density at radius 2 is 0.767 bits per heavy atom. The first-order valence-electron chi connectivity index (χ1n) is 34.2. The number of hydrogen-bond donors (Lipinski definition) is 12. The molecule has 3 rings (SSSR count). The lowest BCUT2D eigenvalue weighted by Crippen LogP contribution is -2.66. The first-order valence-corrected chi connectivity index (χ1v) is 34.2. The summed E-state index contributed by atoms with van der Waals surface area (Å²) in [6, 6.07) is -0.882. The molecule has 3 saturated heterocycles. The summed E-state index contributed by atoms with van der Waals surface area (Å²) in [5.74, 6) is -0.246. The molecule has 3 aliphatic rings. The SMILES string of the molecule is CCCCCCC/C=C\C/C=C\C/C=C\CCCCCCCCCCCCCCCCCCCCCCC(=O)NC(COC1OC(CO)C(OC2OC(CO)C(OC3OC(CO)C(O)C(O)C3O)C(O)C2O)C(O)C1O)C(O)CCCCCCCC. The number of aliphatic hydroxyl groups excluding tert-OH is 11. The third-order valence-electron chi connectivity index (χ3n) is 17.2. The summed E-state index contributed by atoms with van der Waals surface area (Å²) in [6.45, 7) is 1.71. The summed E-state index contributed by atoms with van der Waals surface area (Å²) in [6.07, 6.45) is 30.3. The molecule has 0 aromatic heterocycles. The van der Waals surface area contributed by atoms with Crippen molar-refractivity contribution in [3.8, 4) is 0 Å². The van der Waals surface area contributed by atoms with Gasteiger partial charge in [0.15, 0.2) is 18.9 Å². The van der Waals surface area contributed by atoms with Gasteiger partial charge in [-0.1, -0.05) is 230 Å². The number of aliphatic hydroxyl groups is 11. The van der Waals surface area contributed by atoms with Crippen molar-refractivity contribution >= 4 is 5.91 Å². The molecule has 0 bridgehead atoms. The van der Waals surface area contributed by atoms with Crippen LogP contribution in [-0.4, -0.2) is 193 Å². The standard InChI is InChI=1S/C67H123NO18/c1-3-5-7-9-11-12-13-14-15-16-17-18-19-20-21-22-23-24-25-26-27-28-29-30-31-32-33-34-35-36-37-38-39-41-43-45-55(73)68-50(51(72)44-42-40-10-8-6-4-2)49-81-65-61(79)58(76)63(53(47-70)83-65)86-67-62(80)59(77)64(54(48-71)84-67)85-66-60(78)57(75)56(74)52(46-69)82-66/h13-14,16-17,19-20,50-54,56-67,69-72,74-80H,3-12,15,18,21-49H2,1-2H3,(H,68,73)/b14-13-,17-16-,20-19-. The van der Waals surface area contributed by atoms with E-state index in [1.54, 1.807) is 0 Å². The topological polar surface area (TPSA) is 307 Å². The predicted molar refractivity (Wildman–Crippen MR) is 333 cm³/mol. The lowest BCUT2D eigenvalue weighted by atomic mass is 9.96. The van der Waals surface area contributed by atoms with E-state index in [1.165, 1.54) is 148 Å². The maximum atomic E-state index is 13.3. The second-order valence-electron chi connectivity index (χ2n) is 24.6. The van der Waals surface area contributed by atoms with E-state index in [9.17, 15) is 61.0 Å². The summed E-state index contributed by atoms with van der Waals surface area (Å²) in [5.41, 5.74) is 0. The van der Waals surface area contributed by atoms with Crippen LogP contribution in [0.15, 0.2) is 36.5 Å². The first-order chi connectivity index (χ1) is 41.8. The molecule has 86 heavy (non-hydrogen) atoms. The van der Waals surface area contributed by atoms with Gasteiger partial charge < -0.3 is 89.9 Å². The molecule has 0 spiro atoms. The second-order valence-corrected chi connectivity index (χ2v) is 24.6. The van der Waals surface area contributed by atoms with Gasteiger partial charge in [0.2, 0.25) is 5.91 Å². The molecule has 3 heterocycles. The van der Waals surface area contributed by atoms with E-state index in [-0.39, 0.29) is 18.9 Å². The summed E-state index contributed by atoms with van der Waals surface area (Å²) < 4.78 is 34.2. The number of allylic oxidation sites excluding steroid dienone is 6. The van der Waals surface area contributed by atoms with Crippen molar-refractivity contribution in [2.75, 3.05) is 26.4 Å². The molecule has 12 N–H and O–H groups in total. The van der Waals surface area contributed by atoms with Crippen molar-refractivity contribution in [2.24, 2.45) is 0 Å². The van der Waals surface area contributed by atoms with Gasteiger partial charge in [0.05, 0.1) is 38.6 Å². The van der Waals surface area contributed by atoms with Crippen LogP contribution < -0.4 is 5.32 Å². The number of amides is 1. The number of unbranched alkanes of at least 4 members (excludes halogenated alkanes) is 30. The fraction of sp³-hybridized carbons (Fsp3) is 0.896. The molecule has 0 saturated carbocycles. The van der Waals surface area contributed by atoms with Crippen LogP contribution in [0.4, 0.5) is 0 Å². The zero-order valence-corrected chi connectivity index (χ0v) is 53.0. The third kappa shape index (κ3) is 31.8. The minimum atomic E-state index is -1.97. The number of ether oxygens (including phenoxy) is 6. The van der Waals surface area contributed by atoms with Gasteiger partial charge in [-0.25, -0.2) is 0 Å². The molecule has 0 aliphatic carbocycles. The summed E-state index contributed by atoms with van der Waals surface area (Å²) >= 11 is 0. The van der Waals surface area contributed by atoms with Crippen LogP contribution in [-0.2, 0) is 33.2 Å². The average Bonchev–Trinajstić information content (AvgIpc) is 2.46. The van der Waals surface area contributed by atoms with Gasteiger partial charge in [0.1, 0.15) is 73.2 Å². The molecule has 0 radical (unpaired) electrons. The molecule has 3 aliphatic heterocycles. The molecule has 0 aromatic carbocycles. The van der Waals surface area contributed by atoms with E-state index in [2.05, 4.69) is 55.6 Å². The van der Waals surface area contributed by atoms with Gasteiger partial charge in [0.25, 0.3) is 0 Å². The van der Waals surface area contributed by atoms with Gasteiger partial charge in [-0.2, -0.15) is 0 Å². The summed E-state index contributed by atoms with van der Waals surface area (Å²) in [7, 11) is 0. The van der Waals surface area contributed by atoms with Crippen LogP contribution in [0.3, 0.4) is 0 Å². The number of rotatable bonds is 52. The van der Waals surface area contributed by atoms with Crippen molar-refractivity contribution in [3.05, 3.63) is 36.5 Å². The van der Waals surface area contributed by atoms with Crippen LogP contribution in [0, 0.1) is 0 Å². The second kappa shape index (κ2) is 49.7. The number of carbonyl (C=O) groups excluding carboxylic acids is 1. The lowest BCUT2D eigenvalue weighted by molar-refractivity contribution is -0.379. The van der Waals surface area contributed by atoms with Gasteiger partial charge in [-0.3, -0.25) is 4.79 Å². The maximum absolute atomic E-state index is 13.3. The maximum Gasteiger partial charge on any atom is 0.220 e. The molecular formula is C67H123NO18. The van der Waals surface area contributed by atoms with E-state index in [1.807, 2.05) is 0 Å². The van der Waals surface area contributed by atoms with Crippen molar-refractivity contribution < 1.29 is 89.4 Å². The zero-order chi connectivity index (χ0) is 62.6. The monoisotopic (exact) mass is 1230 g/mol. The molecule has 1 amide bonds. The highest BCUT2D eigenvalue weighted by atomic mass is 16.8. The Bertz CT molecular complexity index is 1710. The van der Waals surface area contributed by atoms with Gasteiger partial charge >= 0.3 is 0 Å². The van der Waals surface area contributed by atoms with Crippen molar-refractivity contribution in [1.29, 1.82) is 0 Å². The van der Waals surface area contributed by atoms with Gasteiger partial charge in [-0.15, -0.1) is 0 Å². The molecule has 3 fully saturated rings. The predicted octanol–water partition coefficient (Wildman–Crippen LogP) is 8.44. The Hall–Kier alpha value is -1.99. The van der Waals surface area contributed by atoms with Crippen LogP contribution in [0.2, 0.25) is 0 Å². The van der Waals surface area contributed by atoms with Crippen molar-refractivity contribution in [2.45, 2.75) is 356 Å². The highest BCUT2D eigenvalue weighted by Gasteiger charge is 2.53. The van der Waals surface area contributed by atoms with E-state index in [4.69, 9.17) is 28.4 Å². The van der Waals surface area contributed by atoms with Gasteiger partial charge in [0, 0.05) is 6.42 Å². The van der Waals surface area contributed by atoms with Crippen molar-refractivity contribution in [1.82, 2.24) is 5.32 Å². The minimum absolute atomic E-state index is 0.246. The molecule has 0 aromatic rings. The van der Waals surface area contributed by atoms with Crippen molar-refractivity contribution in [3.63, 3.8) is 0 Å². The molecule has 19 heteroatoms. The Labute approximate surface area is 517 Å². The molecular weight excluding hydrogens is 1110 g/mol. The quantitative estimate of drug-likeness (QED) is 0.0201. The average molecular weight is 1230 g/mol. The smallest absolute Gasteiger partial charge is 0.220 e. The van der Waals surface area contributed by atoms with Crippen LogP contribution >= 0.6 is 0 Å². The lowest BCUT2D eigenvalue weighted by Gasteiger charge is -2.48. The fourth-order valence-electron chi connectivity index (χ4n) is 11.6. The van der Waals surface area contributed by atoms with Gasteiger partial charge in [-0.05, 0) is 51.4 Å². The number of nitrogens with one attached hydrogen (secondary N) is 1. The largest absolute Gasteiger partial charge is 0.394 e. The van der Waals surface area contributed by atoms with Crippen LogP contribution in [0.1, 0.15) is 251 Å². The highest BCUT2D eigenvalue weighted by Crippen LogP contribution is 2.33. The Balaban J connectivity index is 1.27. The van der Waals surface area contributed by atoms with Crippen LogP contribution in [0.25, 0.3) is 0 Å². The summed E-state index contributed by atoms with van der Waals surface area (Å²) in [5, 5.41) is 120. The number of hydrogen-bond acceptors (Lipinski definition) is 18. The highest BCUT2D eigenvalue weighted by molar-refractivity contribution is 5.76. The Morgan fingerprint density at radius 3 is 1.20 bits per heavy atom. The molecule has 504 valence electrons. The molecule has 19 nitrogen and oxygen atoms in total. The zero-order valence-electron chi connectivity index (χ0n) is 53.0. The normalized spacial score (nSPS) is 29.0. The Morgan fingerprint density at radius 1 is 0.419 bits per heavy atom. The molecule has 17 unspecified atom stereocenters. The van der Waals surface area contributed by atoms with E-state index >= 15 is 0 Å².